The molecule has 1 aromatic carbocycles. The van der Waals surface area contributed by atoms with Gasteiger partial charge in [-0.05, 0) is 50.7 Å². The van der Waals surface area contributed by atoms with E-state index in [-0.39, 0.29) is 5.41 Å². The zero-order chi connectivity index (χ0) is 13.8. The van der Waals surface area contributed by atoms with Crippen LogP contribution in [0, 0.1) is 0 Å². The molecular weight excluding hydrogens is 220 g/mol. The van der Waals surface area contributed by atoms with Crippen molar-refractivity contribution in [2.24, 2.45) is 0 Å². The van der Waals surface area contributed by atoms with E-state index in [4.69, 9.17) is 0 Å². The molecule has 0 saturated heterocycles. The smallest absolute Gasteiger partial charge is 0.0329 e. The van der Waals surface area contributed by atoms with Gasteiger partial charge in [0.1, 0.15) is 0 Å². The number of rotatable bonds is 5. The topological polar surface area (TPSA) is 15.3 Å². The summed E-state index contributed by atoms with van der Waals surface area (Å²) in [6.07, 6.45) is 1.14. The molecule has 102 valence electrons. The molecule has 0 bridgehead atoms. The van der Waals surface area contributed by atoms with Crippen LogP contribution >= 0.6 is 0 Å². The van der Waals surface area contributed by atoms with E-state index < -0.39 is 0 Å². The summed E-state index contributed by atoms with van der Waals surface area (Å²) in [6.45, 7) is 7.86. The van der Waals surface area contributed by atoms with Gasteiger partial charge < -0.3 is 10.2 Å². The first kappa shape index (κ1) is 15.2. The minimum absolute atomic E-state index is 0.233. The summed E-state index contributed by atoms with van der Waals surface area (Å²) in [5.74, 6) is 0. The second-order valence-electron chi connectivity index (χ2n) is 6.31. The van der Waals surface area contributed by atoms with E-state index in [9.17, 15) is 0 Å². The SMILES string of the molecule is CNC(CCN(C)C)c1ccc(C(C)(C)C)cc1. The van der Waals surface area contributed by atoms with E-state index in [0.29, 0.717) is 6.04 Å². The van der Waals surface area contributed by atoms with Crippen LogP contribution in [0.4, 0.5) is 0 Å². The Morgan fingerprint density at radius 1 is 1.11 bits per heavy atom. The standard InChI is InChI=1S/C16H28N2/c1-16(2,3)14-9-7-13(8-10-14)15(17-4)11-12-18(5)6/h7-10,15,17H,11-12H2,1-6H3. The Bertz CT molecular complexity index is 346. The molecule has 0 aliphatic rings. The van der Waals surface area contributed by atoms with Gasteiger partial charge in [0.2, 0.25) is 0 Å². The average Bonchev–Trinajstić information content (AvgIpc) is 2.29. The molecular formula is C16H28N2. The first-order chi connectivity index (χ1) is 8.34. The Hall–Kier alpha value is -0.860. The van der Waals surface area contributed by atoms with Gasteiger partial charge in [0.15, 0.2) is 0 Å². The van der Waals surface area contributed by atoms with Gasteiger partial charge in [-0.1, -0.05) is 45.0 Å². The lowest BCUT2D eigenvalue weighted by Crippen LogP contribution is -2.23. The normalized spacial score (nSPS) is 13.9. The molecule has 18 heavy (non-hydrogen) atoms. The lowest BCUT2D eigenvalue weighted by Gasteiger charge is -2.22. The summed E-state index contributed by atoms with van der Waals surface area (Å²) in [7, 11) is 6.28. The van der Waals surface area contributed by atoms with Crippen LogP contribution in [0.2, 0.25) is 0 Å². The van der Waals surface area contributed by atoms with E-state index in [1.54, 1.807) is 0 Å². The fourth-order valence-corrected chi connectivity index (χ4v) is 2.08. The first-order valence-electron chi connectivity index (χ1n) is 6.77. The first-order valence-corrected chi connectivity index (χ1v) is 6.77. The third-order valence-electron chi connectivity index (χ3n) is 3.39. The summed E-state index contributed by atoms with van der Waals surface area (Å²) in [5.41, 5.74) is 3.01. The molecule has 2 nitrogen and oxygen atoms in total. The van der Waals surface area contributed by atoms with Crippen molar-refractivity contribution in [3.63, 3.8) is 0 Å². The van der Waals surface area contributed by atoms with Crippen LogP contribution < -0.4 is 5.32 Å². The zero-order valence-corrected chi connectivity index (χ0v) is 12.7. The van der Waals surface area contributed by atoms with Crippen LogP contribution in [0.25, 0.3) is 0 Å². The second-order valence-corrected chi connectivity index (χ2v) is 6.31. The molecule has 1 N–H and O–H groups in total. The highest BCUT2D eigenvalue weighted by Crippen LogP contribution is 2.24. The molecule has 0 aliphatic heterocycles. The summed E-state index contributed by atoms with van der Waals surface area (Å²) in [5, 5.41) is 3.41. The monoisotopic (exact) mass is 248 g/mol. The van der Waals surface area contributed by atoms with Crippen molar-refractivity contribution in [1.29, 1.82) is 0 Å². The molecule has 1 aromatic rings. The predicted octanol–water partition coefficient (Wildman–Crippen LogP) is 3.20. The molecule has 1 unspecified atom stereocenters. The van der Waals surface area contributed by atoms with E-state index in [2.05, 4.69) is 69.3 Å². The van der Waals surface area contributed by atoms with Gasteiger partial charge in [-0.2, -0.15) is 0 Å². The minimum Gasteiger partial charge on any atom is -0.313 e. The second kappa shape index (κ2) is 6.35. The summed E-state index contributed by atoms with van der Waals surface area (Å²) >= 11 is 0. The van der Waals surface area contributed by atoms with E-state index in [1.807, 2.05) is 7.05 Å². The fraction of sp³-hybridized carbons (Fsp3) is 0.625. The third-order valence-corrected chi connectivity index (χ3v) is 3.39. The summed E-state index contributed by atoms with van der Waals surface area (Å²) < 4.78 is 0. The predicted molar refractivity (Wildman–Crippen MR) is 80.1 cm³/mol. The largest absolute Gasteiger partial charge is 0.313 e. The van der Waals surface area contributed by atoms with Crippen molar-refractivity contribution < 1.29 is 0 Å². The molecule has 0 amide bonds. The summed E-state index contributed by atoms with van der Waals surface area (Å²) in [6, 6.07) is 9.49. The number of nitrogens with one attached hydrogen (secondary N) is 1. The molecule has 0 aromatic heterocycles. The van der Waals surface area contributed by atoms with Crippen molar-refractivity contribution >= 4 is 0 Å². The maximum Gasteiger partial charge on any atom is 0.0329 e. The third kappa shape index (κ3) is 4.43. The Morgan fingerprint density at radius 2 is 1.67 bits per heavy atom. The van der Waals surface area contributed by atoms with Crippen LogP contribution in [-0.2, 0) is 5.41 Å². The van der Waals surface area contributed by atoms with Crippen LogP contribution in [-0.4, -0.2) is 32.6 Å². The van der Waals surface area contributed by atoms with Gasteiger partial charge in [0, 0.05) is 6.04 Å². The van der Waals surface area contributed by atoms with Crippen LogP contribution in [0.5, 0.6) is 0 Å². The molecule has 1 rings (SSSR count). The highest BCUT2D eigenvalue weighted by Gasteiger charge is 2.15. The lowest BCUT2D eigenvalue weighted by atomic mass is 9.86. The van der Waals surface area contributed by atoms with E-state index in [1.165, 1.54) is 11.1 Å². The van der Waals surface area contributed by atoms with Crippen molar-refractivity contribution in [3.05, 3.63) is 35.4 Å². The van der Waals surface area contributed by atoms with Crippen molar-refractivity contribution in [1.82, 2.24) is 10.2 Å². The van der Waals surface area contributed by atoms with E-state index >= 15 is 0 Å². The van der Waals surface area contributed by atoms with Gasteiger partial charge >= 0.3 is 0 Å². The fourth-order valence-electron chi connectivity index (χ4n) is 2.08. The molecule has 0 saturated carbocycles. The Balaban J connectivity index is 2.76. The van der Waals surface area contributed by atoms with Crippen molar-refractivity contribution in [2.45, 2.75) is 38.6 Å². The molecule has 1 atom stereocenters. The van der Waals surface area contributed by atoms with Crippen LogP contribution in [0.15, 0.2) is 24.3 Å². The van der Waals surface area contributed by atoms with Crippen LogP contribution in [0.1, 0.15) is 44.4 Å². The van der Waals surface area contributed by atoms with Crippen molar-refractivity contribution in [2.75, 3.05) is 27.7 Å². The number of hydrogen-bond donors (Lipinski definition) is 1. The Kier molecular flexibility index (Phi) is 5.36. The van der Waals surface area contributed by atoms with Crippen molar-refractivity contribution in [3.8, 4) is 0 Å². The molecule has 0 radical (unpaired) electrons. The summed E-state index contributed by atoms with van der Waals surface area (Å²) in [4.78, 5) is 2.23. The minimum atomic E-state index is 0.233. The quantitative estimate of drug-likeness (QED) is 0.861. The van der Waals surface area contributed by atoms with Gasteiger partial charge in [0.05, 0.1) is 0 Å². The molecule has 0 fully saturated rings. The highest BCUT2D eigenvalue weighted by molar-refractivity contribution is 5.29. The van der Waals surface area contributed by atoms with Gasteiger partial charge in [-0.3, -0.25) is 0 Å². The van der Waals surface area contributed by atoms with Gasteiger partial charge in [-0.15, -0.1) is 0 Å². The molecule has 2 heteroatoms. The number of nitrogens with zero attached hydrogens (tertiary/aromatic N) is 1. The van der Waals surface area contributed by atoms with E-state index in [0.717, 1.165) is 13.0 Å². The molecule has 0 aliphatic carbocycles. The zero-order valence-electron chi connectivity index (χ0n) is 12.7. The average molecular weight is 248 g/mol. The van der Waals surface area contributed by atoms with Crippen LogP contribution in [0.3, 0.4) is 0 Å². The Morgan fingerprint density at radius 3 is 2.06 bits per heavy atom. The lowest BCUT2D eigenvalue weighted by molar-refractivity contribution is 0.368. The molecule has 0 spiro atoms. The maximum absolute atomic E-state index is 3.41. The van der Waals surface area contributed by atoms with Gasteiger partial charge in [-0.25, -0.2) is 0 Å². The number of benzene rings is 1. The Labute approximate surface area is 112 Å². The highest BCUT2D eigenvalue weighted by atomic mass is 15.1. The molecule has 0 heterocycles. The maximum atomic E-state index is 3.41. The van der Waals surface area contributed by atoms with Gasteiger partial charge in [0.25, 0.3) is 0 Å². The number of hydrogen-bond acceptors (Lipinski definition) is 2.